The van der Waals surface area contributed by atoms with E-state index in [2.05, 4.69) is 34.5 Å². The van der Waals surface area contributed by atoms with E-state index in [1.807, 2.05) is 6.92 Å². The van der Waals surface area contributed by atoms with Crippen LogP contribution >= 0.6 is 15.9 Å². The van der Waals surface area contributed by atoms with Crippen molar-refractivity contribution in [3.05, 3.63) is 28.7 Å². The highest BCUT2D eigenvalue weighted by molar-refractivity contribution is 9.10. The van der Waals surface area contributed by atoms with Gasteiger partial charge in [0.1, 0.15) is 0 Å². The predicted octanol–water partition coefficient (Wildman–Crippen LogP) is 3.55. The van der Waals surface area contributed by atoms with Crippen molar-refractivity contribution in [3.63, 3.8) is 0 Å². The Balaban J connectivity index is 2.80. The smallest absolute Gasteiger partial charge is 0.208 e. The van der Waals surface area contributed by atoms with Crippen LogP contribution in [-0.2, 0) is 10.0 Å². The van der Waals surface area contributed by atoms with Gasteiger partial charge >= 0.3 is 0 Å². The molecular weight excluding hydrogens is 314 g/mol. The predicted molar refractivity (Wildman–Crippen MR) is 78.0 cm³/mol. The Morgan fingerprint density at radius 2 is 1.89 bits per heavy atom. The molecule has 0 saturated carbocycles. The Hall–Kier alpha value is -0.390. The maximum Gasteiger partial charge on any atom is 0.241 e. The van der Waals surface area contributed by atoms with Crippen LogP contribution in [0.1, 0.15) is 33.6 Å². The Kier molecular flexibility index (Phi) is 5.82. The molecule has 1 rings (SSSR count). The van der Waals surface area contributed by atoms with Gasteiger partial charge in [0.2, 0.25) is 10.0 Å². The first-order valence-corrected chi connectivity index (χ1v) is 8.41. The molecule has 0 bridgehead atoms. The van der Waals surface area contributed by atoms with Crippen molar-refractivity contribution in [2.45, 2.75) is 44.6 Å². The third-order valence-electron chi connectivity index (χ3n) is 2.94. The van der Waals surface area contributed by atoms with E-state index in [1.54, 1.807) is 24.3 Å². The summed E-state index contributed by atoms with van der Waals surface area (Å²) in [7, 11) is -3.44. The molecule has 0 saturated heterocycles. The van der Waals surface area contributed by atoms with Crippen molar-refractivity contribution in [2.24, 2.45) is 5.92 Å². The molecule has 1 N–H and O–H groups in total. The Morgan fingerprint density at radius 3 is 2.44 bits per heavy atom. The van der Waals surface area contributed by atoms with Crippen LogP contribution in [0.2, 0.25) is 0 Å². The number of hydrogen-bond acceptors (Lipinski definition) is 2. The number of hydrogen-bond donors (Lipinski definition) is 1. The Bertz CT molecular complexity index is 488. The molecule has 2 unspecified atom stereocenters. The van der Waals surface area contributed by atoms with Gasteiger partial charge in [0.15, 0.2) is 0 Å². The highest BCUT2D eigenvalue weighted by Crippen LogP contribution is 2.21. The first-order chi connectivity index (χ1) is 8.36. The van der Waals surface area contributed by atoms with E-state index in [0.717, 1.165) is 12.8 Å². The summed E-state index contributed by atoms with van der Waals surface area (Å²) < 4.78 is 27.7. The van der Waals surface area contributed by atoms with Crippen LogP contribution in [0.4, 0.5) is 0 Å². The summed E-state index contributed by atoms with van der Waals surface area (Å²) >= 11 is 3.27. The molecule has 102 valence electrons. The molecule has 0 aliphatic heterocycles. The van der Waals surface area contributed by atoms with Crippen molar-refractivity contribution in [2.75, 3.05) is 0 Å². The quantitative estimate of drug-likeness (QED) is 0.865. The van der Waals surface area contributed by atoms with Gasteiger partial charge in [-0.15, -0.1) is 0 Å². The zero-order chi connectivity index (χ0) is 13.8. The van der Waals surface area contributed by atoms with Crippen LogP contribution in [0.25, 0.3) is 0 Å². The van der Waals surface area contributed by atoms with Gasteiger partial charge in [-0.2, -0.15) is 0 Å². The molecule has 1 aromatic carbocycles. The lowest BCUT2D eigenvalue weighted by Gasteiger charge is -2.18. The van der Waals surface area contributed by atoms with Gasteiger partial charge < -0.3 is 0 Å². The lowest BCUT2D eigenvalue weighted by molar-refractivity contribution is 0.445. The molecule has 0 radical (unpaired) electrons. The van der Waals surface area contributed by atoms with Crippen LogP contribution < -0.4 is 4.72 Å². The van der Waals surface area contributed by atoms with Gasteiger partial charge in [-0.3, -0.25) is 0 Å². The first-order valence-electron chi connectivity index (χ1n) is 6.13. The summed E-state index contributed by atoms with van der Waals surface area (Å²) in [5.74, 6) is 0.516. The Labute approximate surface area is 118 Å². The van der Waals surface area contributed by atoms with E-state index in [1.165, 1.54) is 0 Å². The minimum absolute atomic E-state index is 0.0583. The maximum absolute atomic E-state index is 12.2. The molecule has 3 nitrogen and oxygen atoms in total. The molecule has 0 heterocycles. The van der Waals surface area contributed by atoms with Crippen molar-refractivity contribution in [1.82, 2.24) is 4.72 Å². The molecule has 0 spiro atoms. The van der Waals surface area contributed by atoms with E-state index in [4.69, 9.17) is 0 Å². The van der Waals surface area contributed by atoms with Crippen LogP contribution in [0.3, 0.4) is 0 Å². The molecule has 1 aromatic rings. The number of sulfonamides is 1. The summed E-state index contributed by atoms with van der Waals surface area (Å²) in [6, 6.07) is 6.79. The second-order valence-corrected chi connectivity index (χ2v) is 7.24. The number of rotatable bonds is 6. The summed E-state index contributed by atoms with van der Waals surface area (Å²) in [6.45, 7) is 6.14. The fourth-order valence-corrected chi connectivity index (χ4v) is 4.07. The molecule has 0 aromatic heterocycles. The lowest BCUT2D eigenvalue weighted by Crippen LogP contribution is -2.33. The molecule has 0 amide bonds. The van der Waals surface area contributed by atoms with Gasteiger partial charge in [-0.05, 0) is 47.3 Å². The van der Waals surface area contributed by atoms with Crippen molar-refractivity contribution < 1.29 is 8.42 Å². The largest absolute Gasteiger partial charge is 0.241 e. The van der Waals surface area contributed by atoms with Gasteiger partial charge in [0, 0.05) is 10.5 Å². The van der Waals surface area contributed by atoms with E-state index in [0.29, 0.717) is 15.3 Å². The summed E-state index contributed by atoms with van der Waals surface area (Å²) in [6.07, 6.45) is 1.90. The van der Waals surface area contributed by atoms with Crippen LogP contribution in [0.15, 0.2) is 33.6 Å². The fourth-order valence-electron chi connectivity index (χ4n) is 1.81. The molecular formula is C13H20BrNO2S. The molecule has 0 aliphatic carbocycles. The SMILES string of the molecule is CCC(C)CC(C)NS(=O)(=O)c1ccccc1Br. The number of benzene rings is 1. The highest BCUT2D eigenvalue weighted by Gasteiger charge is 2.20. The summed E-state index contributed by atoms with van der Waals surface area (Å²) in [4.78, 5) is 0.293. The van der Waals surface area contributed by atoms with Crippen LogP contribution in [0, 0.1) is 5.92 Å². The number of nitrogens with one attached hydrogen (secondary N) is 1. The topological polar surface area (TPSA) is 46.2 Å². The summed E-state index contributed by atoms with van der Waals surface area (Å²) in [5.41, 5.74) is 0. The molecule has 5 heteroatoms. The molecule has 18 heavy (non-hydrogen) atoms. The molecule has 2 atom stereocenters. The first kappa shape index (κ1) is 15.7. The van der Waals surface area contributed by atoms with E-state index < -0.39 is 10.0 Å². The lowest BCUT2D eigenvalue weighted by atomic mass is 10.0. The van der Waals surface area contributed by atoms with Gasteiger partial charge in [0.25, 0.3) is 0 Å². The average Bonchev–Trinajstić information content (AvgIpc) is 2.28. The van der Waals surface area contributed by atoms with E-state index in [9.17, 15) is 8.42 Å². The van der Waals surface area contributed by atoms with E-state index in [-0.39, 0.29) is 6.04 Å². The van der Waals surface area contributed by atoms with Gasteiger partial charge in [-0.25, -0.2) is 13.1 Å². The normalized spacial score (nSPS) is 15.3. The number of halogens is 1. The zero-order valence-electron chi connectivity index (χ0n) is 11.0. The van der Waals surface area contributed by atoms with Gasteiger partial charge in [0.05, 0.1) is 4.90 Å². The third-order valence-corrected chi connectivity index (χ3v) is 5.54. The minimum Gasteiger partial charge on any atom is -0.208 e. The van der Waals surface area contributed by atoms with Crippen molar-refractivity contribution >= 4 is 26.0 Å². The van der Waals surface area contributed by atoms with Crippen LogP contribution in [-0.4, -0.2) is 14.5 Å². The average molecular weight is 334 g/mol. The summed E-state index contributed by atoms with van der Waals surface area (Å²) in [5, 5.41) is 0. The van der Waals surface area contributed by atoms with Crippen molar-refractivity contribution in [1.29, 1.82) is 0 Å². The monoisotopic (exact) mass is 333 g/mol. The van der Waals surface area contributed by atoms with Gasteiger partial charge in [-0.1, -0.05) is 32.4 Å². The van der Waals surface area contributed by atoms with Crippen molar-refractivity contribution in [3.8, 4) is 0 Å². The third kappa shape index (κ3) is 4.37. The highest BCUT2D eigenvalue weighted by atomic mass is 79.9. The second kappa shape index (κ2) is 6.68. The molecule has 0 fully saturated rings. The molecule has 0 aliphatic rings. The minimum atomic E-state index is -3.44. The maximum atomic E-state index is 12.2. The second-order valence-electron chi connectivity index (χ2n) is 4.70. The van der Waals surface area contributed by atoms with E-state index >= 15 is 0 Å². The Morgan fingerprint density at radius 1 is 1.28 bits per heavy atom. The fraction of sp³-hybridized carbons (Fsp3) is 0.538. The standard InChI is InChI=1S/C13H20BrNO2S/c1-4-10(2)9-11(3)15-18(16,17)13-8-6-5-7-12(13)14/h5-8,10-11,15H,4,9H2,1-3H3. The van der Waals surface area contributed by atoms with Crippen LogP contribution in [0.5, 0.6) is 0 Å². The zero-order valence-corrected chi connectivity index (χ0v) is 13.4.